The highest BCUT2D eigenvalue weighted by molar-refractivity contribution is 5.94. The molecule has 3 rings (SSSR count). The minimum Gasteiger partial charge on any atom is -0.497 e. The van der Waals surface area contributed by atoms with E-state index >= 15 is 0 Å². The lowest BCUT2D eigenvalue weighted by Gasteiger charge is -2.23. The van der Waals surface area contributed by atoms with E-state index in [1.54, 1.807) is 19.4 Å². The van der Waals surface area contributed by atoms with Gasteiger partial charge in [0.1, 0.15) is 11.6 Å². The van der Waals surface area contributed by atoms with Crippen molar-refractivity contribution in [1.29, 1.82) is 0 Å². The molecule has 6 nitrogen and oxygen atoms in total. The van der Waals surface area contributed by atoms with Crippen molar-refractivity contribution in [2.75, 3.05) is 32.2 Å². The van der Waals surface area contributed by atoms with Gasteiger partial charge >= 0.3 is 0 Å². The first-order chi connectivity index (χ1) is 13.2. The molecule has 1 fully saturated rings. The molecular weight excluding hydrogens is 342 g/mol. The van der Waals surface area contributed by atoms with Gasteiger partial charge in [-0.3, -0.25) is 4.79 Å². The maximum Gasteiger partial charge on any atom is 0.252 e. The molecule has 0 bridgehead atoms. The second-order valence-electron chi connectivity index (χ2n) is 6.70. The second-order valence-corrected chi connectivity index (χ2v) is 6.70. The predicted molar refractivity (Wildman–Crippen MR) is 105 cm³/mol. The number of nitrogens with one attached hydrogen (secondary N) is 2. The van der Waals surface area contributed by atoms with Crippen molar-refractivity contribution in [3.63, 3.8) is 0 Å². The summed E-state index contributed by atoms with van der Waals surface area (Å²) in [7, 11) is 1.66. The number of ether oxygens (including phenoxy) is 2. The SMILES string of the molecule is COc1ccc(CCCNC(=O)c2ccc(N[C@H]3CCCOC3)nc2)cc1. The van der Waals surface area contributed by atoms with Gasteiger partial charge in [-0.2, -0.15) is 0 Å². The first-order valence-electron chi connectivity index (χ1n) is 9.46. The quantitative estimate of drug-likeness (QED) is 0.700. The number of anilines is 1. The van der Waals surface area contributed by atoms with Gasteiger partial charge in [0.05, 0.1) is 25.3 Å². The second kappa shape index (κ2) is 9.92. The first-order valence-corrected chi connectivity index (χ1v) is 9.46. The maximum absolute atomic E-state index is 12.2. The molecule has 2 aromatic rings. The molecule has 0 aliphatic carbocycles. The van der Waals surface area contributed by atoms with Crippen molar-refractivity contribution < 1.29 is 14.3 Å². The van der Waals surface area contributed by atoms with Crippen LogP contribution < -0.4 is 15.4 Å². The number of methoxy groups -OCH3 is 1. The molecule has 0 saturated carbocycles. The van der Waals surface area contributed by atoms with Crippen LogP contribution in [0.5, 0.6) is 5.75 Å². The molecule has 1 aromatic carbocycles. The number of benzene rings is 1. The van der Waals surface area contributed by atoms with Crippen molar-refractivity contribution >= 4 is 11.7 Å². The van der Waals surface area contributed by atoms with E-state index in [0.29, 0.717) is 24.8 Å². The number of nitrogens with zero attached hydrogens (tertiary/aromatic N) is 1. The molecule has 0 spiro atoms. The molecule has 1 atom stereocenters. The molecule has 1 aliphatic rings. The van der Waals surface area contributed by atoms with E-state index in [-0.39, 0.29) is 5.91 Å². The van der Waals surface area contributed by atoms with E-state index in [9.17, 15) is 4.79 Å². The Bertz CT molecular complexity index is 710. The van der Waals surface area contributed by atoms with Crippen LogP contribution >= 0.6 is 0 Å². The smallest absolute Gasteiger partial charge is 0.252 e. The molecule has 1 amide bonds. The van der Waals surface area contributed by atoms with Crippen molar-refractivity contribution in [2.45, 2.75) is 31.7 Å². The van der Waals surface area contributed by atoms with Gasteiger partial charge < -0.3 is 20.1 Å². The van der Waals surface area contributed by atoms with Crippen LogP contribution in [0.3, 0.4) is 0 Å². The van der Waals surface area contributed by atoms with Crippen LogP contribution in [0.4, 0.5) is 5.82 Å². The van der Waals surface area contributed by atoms with Gasteiger partial charge in [-0.05, 0) is 55.5 Å². The highest BCUT2D eigenvalue weighted by Crippen LogP contribution is 2.14. The van der Waals surface area contributed by atoms with E-state index in [0.717, 1.165) is 43.9 Å². The number of carbonyl (C=O) groups excluding carboxylic acids is 1. The monoisotopic (exact) mass is 369 g/mol. The normalized spacial score (nSPS) is 16.6. The van der Waals surface area contributed by atoms with E-state index in [1.165, 1.54) is 5.56 Å². The summed E-state index contributed by atoms with van der Waals surface area (Å²) >= 11 is 0. The minimum absolute atomic E-state index is 0.0928. The van der Waals surface area contributed by atoms with Crippen molar-refractivity contribution in [3.8, 4) is 5.75 Å². The van der Waals surface area contributed by atoms with Crippen LogP contribution in [0.15, 0.2) is 42.6 Å². The summed E-state index contributed by atoms with van der Waals surface area (Å²) in [6.07, 6.45) is 5.55. The van der Waals surface area contributed by atoms with Crippen molar-refractivity contribution in [2.24, 2.45) is 0 Å². The molecule has 0 unspecified atom stereocenters. The summed E-state index contributed by atoms with van der Waals surface area (Å²) in [6, 6.07) is 12.0. The number of carbonyl (C=O) groups is 1. The fourth-order valence-electron chi connectivity index (χ4n) is 3.07. The summed E-state index contributed by atoms with van der Waals surface area (Å²) in [5.41, 5.74) is 1.80. The highest BCUT2D eigenvalue weighted by Gasteiger charge is 2.14. The van der Waals surface area contributed by atoms with Gasteiger partial charge in [0.15, 0.2) is 0 Å². The third kappa shape index (κ3) is 5.96. The number of pyridine rings is 1. The lowest BCUT2D eigenvalue weighted by molar-refractivity contribution is 0.0875. The lowest BCUT2D eigenvalue weighted by atomic mass is 10.1. The number of rotatable bonds is 8. The van der Waals surface area contributed by atoms with Crippen molar-refractivity contribution in [3.05, 3.63) is 53.7 Å². The number of aryl methyl sites for hydroxylation is 1. The predicted octanol–water partition coefficient (Wildman–Crippen LogP) is 3.04. The van der Waals surface area contributed by atoms with Gasteiger partial charge in [0.2, 0.25) is 0 Å². The van der Waals surface area contributed by atoms with Crippen LogP contribution in [0.1, 0.15) is 35.2 Å². The number of hydrogen-bond acceptors (Lipinski definition) is 5. The molecule has 2 N–H and O–H groups in total. The third-order valence-corrected chi connectivity index (χ3v) is 4.62. The minimum atomic E-state index is -0.0928. The average molecular weight is 369 g/mol. The van der Waals surface area contributed by atoms with Gasteiger partial charge in [-0.15, -0.1) is 0 Å². The summed E-state index contributed by atoms with van der Waals surface area (Å²) in [4.78, 5) is 16.6. The van der Waals surface area contributed by atoms with Gasteiger partial charge in [-0.25, -0.2) is 4.98 Å². The summed E-state index contributed by atoms with van der Waals surface area (Å²) < 4.78 is 10.6. The molecule has 1 saturated heterocycles. The third-order valence-electron chi connectivity index (χ3n) is 4.62. The molecule has 27 heavy (non-hydrogen) atoms. The molecule has 1 aliphatic heterocycles. The number of hydrogen-bond donors (Lipinski definition) is 2. The number of aromatic nitrogens is 1. The molecule has 0 radical (unpaired) electrons. The van der Waals surface area contributed by atoms with E-state index in [1.807, 2.05) is 30.3 Å². The molecule has 2 heterocycles. The van der Waals surface area contributed by atoms with Crippen LogP contribution in [0.2, 0.25) is 0 Å². The Morgan fingerprint density at radius 3 is 2.78 bits per heavy atom. The Kier molecular flexibility index (Phi) is 7.04. The van der Waals surface area contributed by atoms with E-state index in [2.05, 4.69) is 15.6 Å². The Morgan fingerprint density at radius 2 is 2.11 bits per heavy atom. The Hall–Kier alpha value is -2.60. The zero-order valence-corrected chi connectivity index (χ0v) is 15.7. The summed E-state index contributed by atoms with van der Waals surface area (Å²) in [5.74, 6) is 1.54. The molecule has 144 valence electrons. The van der Waals surface area contributed by atoms with Gasteiger partial charge in [0, 0.05) is 19.3 Å². The zero-order chi connectivity index (χ0) is 18.9. The topological polar surface area (TPSA) is 72.5 Å². The molecule has 6 heteroatoms. The first kappa shape index (κ1) is 19.2. The van der Waals surface area contributed by atoms with Crippen LogP contribution in [0, 0.1) is 0 Å². The van der Waals surface area contributed by atoms with E-state index in [4.69, 9.17) is 9.47 Å². The molecular formula is C21H27N3O3. The van der Waals surface area contributed by atoms with Crippen molar-refractivity contribution in [1.82, 2.24) is 10.3 Å². The van der Waals surface area contributed by atoms with Crippen LogP contribution in [-0.2, 0) is 11.2 Å². The van der Waals surface area contributed by atoms with E-state index < -0.39 is 0 Å². The van der Waals surface area contributed by atoms with Crippen LogP contribution in [-0.4, -0.2) is 43.8 Å². The Labute approximate surface area is 160 Å². The number of amides is 1. The van der Waals surface area contributed by atoms with Gasteiger partial charge in [-0.1, -0.05) is 12.1 Å². The fraction of sp³-hybridized carbons (Fsp3) is 0.429. The van der Waals surface area contributed by atoms with Gasteiger partial charge in [0.25, 0.3) is 5.91 Å². The standard InChI is InChI=1S/C21H27N3O3/c1-26-19-9-6-16(7-10-19)4-2-12-22-21(25)17-8-11-20(23-14-17)24-18-5-3-13-27-15-18/h6-11,14,18H,2-5,12-13,15H2,1H3,(H,22,25)(H,23,24)/t18-/m0/s1. The molecule has 1 aromatic heterocycles. The average Bonchev–Trinajstić information content (AvgIpc) is 2.73. The zero-order valence-electron chi connectivity index (χ0n) is 15.7. The summed E-state index contributed by atoms with van der Waals surface area (Å²) in [6.45, 7) is 2.17. The Balaban J connectivity index is 1.39. The summed E-state index contributed by atoms with van der Waals surface area (Å²) in [5, 5.41) is 6.30. The largest absolute Gasteiger partial charge is 0.497 e. The fourth-order valence-corrected chi connectivity index (χ4v) is 3.07. The highest BCUT2D eigenvalue weighted by atomic mass is 16.5. The maximum atomic E-state index is 12.2. The lowest BCUT2D eigenvalue weighted by Crippen LogP contribution is -2.30. The van der Waals surface area contributed by atoms with Crippen LogP contribution in [0.25, 0.3) is 0 Å². The Morgan fingerprint density at radius 1 is 1.26 bits per heavy atom.